The SMILES string of the molecule is CSc1nc(N(CCc2ccccc2F)Cc2ccccc2)sc1C. The van der Waals surface area contributed by atoms with Crippen LogP contribution in [0.2, 0.25) is 0 Å². The molecule has 0 bridgehead atoms. The minimum Gasteiger partial charge on any atom is -0.343 e. The summed E-state index contributed by atoms with van der Waals surface area (Å²) < 4.78 is 14.0. The molecule has 0 aliphatic heterocycles. The highest BCUT2D eigenvalue weighted by Gasteiger charge is 2.15. The van der Waals surface area contributed by atoms with Crippen LogP contribution in [0.1, 0.15) is 16.0 Å². The Morgan fingerprint density at radius 2 is 1.80 bits per heavy atom. The average molecular weight is 373 g/mol. The molecule has 0 amide bonds. The number of aryl methyl sites for hydroxylation is 1. The van der Waals surface area contributed by atoms with E-state index < -0.39 is 0 Å². The molecule has 130 valence electrons. The maximum absolute atomic E-state index is 14.0. The van der Waals surface area contributed by atoms with Gasteiger partial charge in [-0.25, -0.2) is 9.37 Å². The van der Waals surface area contributed by atoms with Gasteiger partial charge in [-0.2, -0.15) is 0 Å². The first kappa shape index (κ1) is 18.0. The number of thioether (sulfide) groups is 1. The summed E-state index contributed by atoms with van der Waals surface area (Å²) in [6, 6.07) is 17.3. The van der Waals surface area contributed by atoms with Gasteiger partial charge in [-0.1, -0.05) is 48.5 Å². The van der Waals surface area contributed by atoms with Gasteiger partial charge < -0.3 is 4.90 Å². The molecule has 0 aliphatic rings. The summed E-state index contributed by atoms with van der Waals surface area (Å²) >= 11 is 3.38. The predicted molar refractivity (Wildman–Crippen MR) is 106 cm³/mol. The molecule has 0 saturated heterocycles. The van der Waals surface area contributed by atoms with Gasteiger partial charge in [0.05, 0.1) is 0 Å². The van der Waals surface area contributed by atoms with Gasteiger partial charge in [0.1, 0.15) is 10.8 Å². The monoisotopic (exact) mass is 372 g/mol. The molecule has 0 fully saturated rings. The van der Waals surface area contributed by atoms with Crippen LogP contribution in [0.5, 0.6) is 0 Å². The van der Waals surface area contributed by atoms with E-state index in [2.05, 4.69) is 24.0 Å². The van der Waals surface area contributed by atoms with E-state index >= 15 is 0 Å². The molecule has 0 saturated carbocycles. The summed E-state index contributed by atoms with van der Waals surface area (Å²) in [6.45, 7) is 3.61. The first-order valence-electron chi connectivity index (χ1n) is 8.21. The number of rotatable bonds is 7. The largest absolute Gasteiger partial charge is 0.343 e. The Labute approximate surface area is 156 Å². The number of thiazole rings is 1. The molecule has 2 aromatic carbocycles. The highest BCUT2D eigenvalue weighted by atomic mass is 32.2. The van der Waals surface area contributed by atoms with Gasteiger partial charge in [0.2, 0.25) is 0 Å². The zero-order valence-corrected chi connectivity index (χ0v) is 16.0. The molecular formula is C20H21FN2S2. The normalized spacial score (nSPS) is 10.8. The Balaban J connectivity index is 1.82. The van der Waals surface area contributed by atoms with E-state index in [-0.39, 0.29) is 5.82 Å². The van der Waals surface area contributed by atoms with Crippen molar-refractivity contribution in [3.8, 4) is 0 Å². The summed E-state index contributed by atoms with van der Waals surface area (Å²) in [5.41, 5.74) is 1.98. The van der Waals surface area contributed by atoms with Crippen molar-refractivity contribution in [2.75, 3.05) is 17.7 Å². The van der Waals surface area contributed by atoms with Crippen molar-refractivity contribution >= 4 is 28.2 Å². The smallest absolute Gasteiger partial charge is 0.186 e. The lowest BCUT2D eigenvalue weighted by molar-refractivity contribution is 0.606. The minimum absolute atomic E-state index is 0.137. The van der Waals surface area contributed by atoms with Gasteiger partial charge in [-0.3, -0.25) is 0 Å². The van der Waals surface area contributed by atoms with Crippen molar-refractivity contribution in [1.29, 1.82) is 0 Å². The van der Waals surface area contributed by atoms with Crippen molar-refractivity contribution in [3.63, 3.8) is 0 Å². The van der Waals surface area contributed by atoms with Crippen molar-refractivity contribution in [2.24, 2.45) is 0 Å². The number of hydrogen-bond donors (Lipinski definition) is 0. The standard InChI is InChI=1S/C20H21FN2S2/c1-15-19(24-2)22-20(25-15)23(14-16-8-4-3-5-9-16)13-12-17-10-6-7-11-18(17)21/h3-11H,12-14H2,1-2H3. The molecule has 5 heteroatoms. The van der Waals surface area contributed by atoms with Gasteiger partial charge >= 0.3 is 0 Å². The summed E-state index contributed by atoms with van der Waals surface area (Å²) in [4.78, 5) is 8.25. The molecule has 25 heavy (non-hydrogen) atoms. The van der Waals surface area contributed by atoms with Crippen LogP contribution in [-0.4, -0.2) is 17.8 Å². The predicted octanol–water partition coefficient (Wildman–Crippen LogP) is 5.56. The molecule has 0 atom stereocenters. The Bertz CT molecular complexity index is 818. The molecule has 0 radical (unpaired) electrons. The van der Waals surface area contributed by atoms with Crippen molar-refractivity contribution in [3.05, 3.63) is 76.4 Å². The molecule has 0 unspecified atom stereocenters. The van der Waals surface area contributed by atoms with Crippen LogP contribution in [0.15, 0.2) is 59.6 Å². The fourth-order valence-corrected chi connectivity index (χ4v) is 4.42. The molecule has 3 aromatic rings. The Morgan fingerprint density at radius 1 is 1.08 bits per heavy atom. The first-order chi connectivity index (χ1) is 12.2. The summed E-state index contributed by atoms with van der Waals surface area (Å²) in [5.74, 6) is -0.137. The highest BCUT2D eigenvalue weighted by Crippen LogP contribution is 2.31. The lowest BCUT2D eigenvalue weighted by Gasteiger charge is -2.22. The third-order valence-electron chi connectivity index (χ3n) is 4.03. The van der Waals surface area contributed by atoms with Gasteiger partial charge in [0, 0.05) is 18.0 Å². The summed E-state index contributed by atoms with van der Waals surface area (Å²) in [5, 5.41) is 2.07. The first-order valence-corrected chi connectivity index (χ1v) is 10.2. The Hall–Kier alpha value is -1.85. The van der Waals surface area contributed by atoms with Crippen LogP contribution in [0.4, 0.5) is 9.52 Å². The number of hydrogen-bond acceptors (Lipinski definition) is 4. The lowest BCUT2D eigenvalue weighted by Crippen LogP contribution is -2.25. The molecule has 3 rings (SSSR count). The second-order valence-electron chi connectivity index (χ2n) is 5.81. The molecule has 0 aliphatic carbocycles. The van der Waals surface area contributed by atoms with Crippen LogP contribution in [0, 0.1) is 12.7 Å². The topological polar surface area (TPSA) is 16.1 Å². The summed E-state index contributed by atoms with van der Waals surface area (Å²) in [7, 11) is 0. The molecule has 2 nitrogen and oxygen atoms in total. The molecular weight excluding hydrogens is 351 g/mol. The number of aromatic nitrogens is 1. The maximum Gasteiger partial charge on any atom is 0.186 e. The molecule has 1 aromatic heterocycles. The second kappa shape index (κ2) is 8.50. The fraction of sp³-hybridized carbons (Fsp3) is 0.250. The lowest BCUT2D eigenvalue weighted by atomic mass is 10.1. The van der Waals surface area contributed by atoms with Crippen LogP contribution in [-0.2, 0) is 13.0 Å². The van der Waals surface area contributed by atoms with Crippen molar-refractivity contribution < 1.29 is 4.39 Å². The number of halogens is 1. The van der Waals surface area contributed by atoms with Gasteiger partial charge in [0.15, 0.2) is 5.13 Å². The zero-order chi connectivity index (χ0) is 17.6. The van der Waals surface area contributed by atoms with E-state index in [1.54, 1.807) is 29.2 Å². The Morgan fingerprint density at radius 3 is 2.48 bits per heavy atom. The van der Waals surface area contributed by atoms with Crippen LogP contribution in [0.3, 0.4) is 0 Å². The van der Waals surface area contributed by atoms with Crippen LogP contribution in [0.25, 0.3) is 0 Å². The Kier molecular flexibility index (Phi) is 6.10. The molecule has 0 N–H and O–H groups in total. The van der Waals surface area contributed by atoms with E-state index in [1.165, 1.54) is 16.5 Å². The maximum atomic E-state index is 14.0. The molecule has 1 heterocycles. The van der Waals surface area contributed by atoms with Gasteiger partial charge in [-0.15, -0.1) is 23.1 Å². The molecule has 0 spiro atoms. The van der Waals surface area contributed by atoms with E-state index in [0.29, 0.717) is 6.42 Å². The zero-order valence-electron chi connectivity index (χ0n) is 14.4. The third kappa shape index (κ3) is 4.61. The van der Waals surface area contributed by atoms with E-state index in [1.807, 2.05) is 36.6 Å². The number of anilines is 1. The fourth-order valence-electron chi connectivity index (χ4n) is 2.70. The number of benzene rings is 2. The quantitative estimate of drug-likeness (QED) is 0.505. The van der Waals surface area contributed by atoms with Crippen LogP contribution < -0.4 is 4.90 Å². The van der Waals surface area contributed by atoms with Crippen LogP contribution >= 0.6 is 23.1 Å². The average Bonchev–Trinajstić information content (AvgIpc) is 3.01. The van der Waals surface area contributed by atoms with E-state index in [4.69, 9.17) is 4.98 Å². The highest BCUT2D eigenvalue weighted by molar-refractivity contribution is 7.98. The summed E-state index contributed by atoms with van der Waals surface area (Å²) in [6.07, 6.45) is 2.71. The third-order valence-corrected chi connectivity index (χ3v) is 5.98. The number of nitrogens with zero attached hydrogens (tertiary/aromatic N) is 2. The minimum atomic E-state index is -0.137. The van der Waals surface area contributed by atoms with Gasteiger partial charge in [0.25, 0.3) is 0 Å². The van der Waals surface area contributed by atoms with E-state index in [0.717, 1.165) is 28.8 Å². The van der Waals surface area contributed by atoms with Crippen molar-refractivity contribution in [2.45, 2.75) is 24.9 Å². The second-order valence-corrected chi connectivity index (χ2v) is 7.79. The van der Waals surface area contributed by atoms with Gasteiger partial charge in [-0.05, 0) is 36.8 Å². The van der Waals surface area contributed by atoms with E-state index in [9.17, 15) is 4.39 Å². The van der Waals surface area contributed by atoms with Crippen molar-refractivity contribution in [1.82, 2.24) is 4.98 Å².